The number of thioether (sulfide) groups is 1. The first kappa shape index (κ1) is 18.5. The maximum atomic E-state index is 12.1. The molecule has 2 unspecified atom stereocenters. The minimum absolute atomic E-state index is 0.152. The van der Waals surface area contributed by atoms with Gasteiger partial charge in [0.2, 0.25) is 0 Å². The fraction of sp³-hybridized carbons (Fsp3) is 0.368. The maximum absolute atomic E-state index is 12.1. The van der Waals surface area contributed by atoms with Gasteiger partial charge in [-0.3, -0.25) is 9.78 Å². The molecule has 2 atom stereocenters. The zero-order chi connectivity index (χ0) is 17.4. The smallest absolute Gasteiger partial charge is 0.251 e. The van der Waals surface area contributed by atoms with Crippen molar-refractivity contribution in [1.29, 1.82) is 0 Å². The normalized spacial score (nSPS) is 13.3. The lowest BCUT2D eigenvalue weighted by Crippen LogP contribution is -2.35. The summed E-state index contributed by atoms with van der Waals surface area (Å²) in [5, 5.41) is 12.7. The van der Waals surface area contributed by atoms with Crippen LogP contribution in [0.1, 0.15) is 36.2 Å². The van der Waals surface area contributed by atoms with Gasteiger partial charge in [-0.15, -0.1) is 11.8 Å². The first-order chi connectivity index (χ1) is 11.6. The van der Waals surface area contributed by atoms with Crippen LogP contribution in [-0.4, -0.2) is 28.6 Å². The molecule has 4 nitrogen and oxygen atoms in total. The summed E-state index contributed by atoms with van der Waals surface area (Å²) in [6.07, 6.45) is 4.00. The van der Waals surface area contributed by atoms with Crippen molar-refractivity contribution >= 4 is 17.7 Å². The molecule has 0 saturated carbocycles. The van der Waals surface area contributed by atoms with Crippen LogP contribution in [0.5, 0.6) is 0 Å². The lowest BCUT2D eigenvalue weighted by molar-refractivity contribution is 0.0850. The Balaban J connectivity index is 1.83. The maximum Gasteiger partial charge on any atom is 0.251 e. The SMILES string of the molecule is CCC(C)C(O)CNC(=O)c1ccc(SCc2cccnc2)cc1. The van der Waals surface area contributed by atoms with E-state index in [-0.39, 0.29) is 18.4 Å². The van der Waals surface area contributed by atoms with Crippen molar-refractivity contribution in [3.8, 4) is 0 Å². The highest BCUT2D eigenvalue weighted by molar-refractivity contribution is 7.98. The Hall–Kier alpha value is -1.85. The highest BCUT2D eigenvalue weighted by Crippen LogP contribution is 2.22. The molecular formula is C19H24N2O2S. The molecule has 0 saturated heterocycles. The van der Waals surface area contributed by atoms with Crippen molar-refractivity contribution in [3.05, 3.63) is 59.9 Å². The number of benzene rings is 1. The van der Waals surface area contributed by atoms with E-state index in [1.165, 1.54) is 5.56 Å². The van der Waals surface area contributed by atoms with Gasteiger partial charge in [0.1, 0.15) is 0 Å². The molecule has 5 heteroatoms. The van der Waals surface area contributed by atoms with Crippen molar-refractivity contribution in [2.45, 2.75) is 37.0 Å². The van der Waals surface area contributed by atoms with E-state index >= 15 is 0 Å². The average Bonchev–Trinajstić information content (AvgIpc) is 2.64. The number of hydrogen-bond acceptors (Lipinski definition) is 4. The number of carbonyl (C=O) groups excluding carboxylic acids is 1. The summed E-state index contributed by atoms with van der Waals surface area (Å²) in [5.74, 6) is 0.873. The number of rotatable bonds is 8. The third-order valence-electron chi connectivity index (χ3n) is 4.02. The number of hydrogen-bond donors (Lipinski definition) is 2. The number of aliphatic hydroxyl groups is 1. The Kier molecular flexibility index (Phi) is 7.28. The second kappa shape index (κ2) is 9.45. The molecule has 0 spiro atoms. The number of carbonyl (C=O) groups is 1. The zero-order valence-corrected chi connectivity index (χ0v) is 14.9. The van der Waals surface area contributed by atoms with E-state index in [1.54, 1.807) is 18.0 Å². The van der Waals surface area contributed by atoms with Gasteiger partial charge in [-0.2, -0.15) is 0 Å². The summed E-state index contributed by atoms with van der Waals surface area (Å²) in [5.41, 5.74) is 1.78. The van der Waals surface area contributed by atoms with Crippen LogP contribution in [0.3, 0.4) is 0 Å². The van der Waals surface area contributed by atoms with Gasteiger partial charge in [0.25, 0.3) is 5.91 Å². The second-order valence-electron chi connectivity index (χ2n) is 5.84. The van der Waals surface area contributed by atoms with E-state index in [1.807, 2.05) is 56.4 Å². The van der Waals surface area contributed by atoms with Crippen LogP contribution in [0, 0.1) is 5.92 Å². The highest BCUT2D eigenvalue weighted by atomic mass is 32.2. The van der Waals surface area contributed by atoms with E-state index in [0.29, 0.717) is 5.56 Å². The van der Waals surface area contributed by atoms with E-state index in [0.717, 1.165) is 17.1 Å². The summed E-state index contributed by atoms with van der Waals surface area (Å²) in [6, 6.07) is 11.5. The number of amides is 1. The third-order valence-corrected chi connectivity index (χ3v) is 5.10. The van der Waals surface area contributed by atoms with Gasteiger partial charge < -0.3 is 10.4 Å². The zero-order valence-electron chi connectivity index (χ0n) is 14.1. The van der Waals surface area contributed by atoms with Gasteiger partial charge >= 0.3 is 0 Å². The summed E-state index contributed by atoms with van der Waals surface area (Å²) in [6.45, 7) is 4.29. The molecule has 1 aromatic carbocycles. The predicted molar refractivity (Wildman–Crippen MR) is 98.0 cm³/mol. The molecule has 2 N–H and O–H groups in total. The van der Waals surface area contributed by atoms with Crippen LogP contribution >= 0.6 is 11.8 Å². The summed E-state index contributed by atoms with van der Waals surface area (Å²) >= 11 is 1.71. The third kappa shape index (κ3) is 5.65. The summed E-state index contributed by atoms with van der Waals surface area (Å²) in [7, 11) is 0. The van der Waals surface area contributed by atoms with Crippen molar-refractivity contribution in [3.63, 3.8) is 0 Å². The van der Waals surface area contributed by atoms with Crippen molar-refractivity contribution in [1.82, 2.24) is 10.3 Å². The summed E-state index contributed by atoms with van der Waals surface area (Å²) in [4.78, 5) is 17.3. The average molecular weight is 344 g/mol. The molecule has 1 aromatic heterocycles. The van der Waals surface area contributed by atoms with Crippen LogP contribution in [0.15, 0.2) is 53.7 Å². The molecule has 0 aliphatic rings. The van der Waals surface area contributed by atoms with E-state index < -0.39 is 6.10 Å². The number of pyridine rings is 1. The predicted octanol–water partition coefficient (Wildman–Crippen LogP) is 3.51. The van der Waals surface area contributed by atoms with E-state index in [9.17, 15) is 9.90 Å². The molecule has 0 fully saturated rings. The molecule has 0 radical (unpaired) electrons. The molecule has 2 aromatic rings. The van der Waals surface area contributed by atoms with E-state index in [4.69, 9.17) is 0 Å². The fourth-order valence-electron chi connectivity index (χ4n) is 2.13. The molecule has 0 aliphatic carbocycles. The number of aliphatic hydroxyl groups excluding tert-OH is 1. The Morgan fingerprint density at radius 1 is 1.29 bits per heavy atom. The molecule has 1 amide bonds. The van der Waals surface area contributed by atoms with Crippen LogP contribution in [0.25, 0.3) is 0 Å². The summed E-state index contributed by atoms with van der Waals surface area (Å²) < 4.78 is 0. The van der Waals surface area contributed by atoms with Gasteiger partial charge in [0.05, 0.1) is 6.10 Å². The molecule has 0 aliphatic heterocycles. The Bertz CT molecular complexity index is 632. The van der Waals surface area contributed by atoms with Crippen LogP contribution in [0.4, 0.5) is 0 Å². The van der Waals surface area contributed by atoms with Gasteiger partial charge in [-0.1, -0.05) is 26.3 Å². The van der Waals surface area contributed by atoms with Crippen LogP contribution in [0.2, 0.25) is 0 Å². The topological polar surface area (TPSA) is 62.2 Å². The fourth-order valence-corrected chi connectivity index (χ4v) is 2.96. The van der Waals surface area contributed by atoms with Crippen LogP contribution < -0.4 is 5.32 Å². The molecular weight excluding hydrogens is 320 g/mol. The monoisotopic (exact) mass is 344 g/mol. The van der Waals surface area contributed by atoms with E-state index in [2.05, 4.69) is 10.3 Å². The van der Waals surface area contributed by atoms with Crippen molar-refractivity contribution < 1.29 is 9.90 Å². The number of nitrogens with one attached hydrogen (secondary N) is 1. The molecule has 128 valence electrons. The lowest BCUT2D eigenvalue weighted by atomic mass is 10.0. The molecule has 0 bridgehead atoms. The standard InChI is InChI=1S/C19H24N2O2S/c1-3-14(2)18(22)12-21-19(23)16-6-8-17(9-7-16)24-13-15-5-4-10-20-11-15/h4-11,14,18,22H,3,12-13H2,1-2H3,(H,21,23). The quantitative estimate of drug-likeness (QED) is 0.719. The van der Waals surface area contributed by atoms with Gasteiger partial charge in [0.15, 0.2) is 0 Å². The second-order valence-corrected chi connectivity index (χ2v) is 6.89. The first-order valence-electron chi connectivity index (χ1n) is 8.18. The largest absolute Gasteiger partial charge is 0.391 e. The number of nitrogens with zero attached hydrogens (tertiary/aromatic N) is 1. The van der Waals surface area contributed by atoms with Crippen molar-refractivity contribution in [2.24, 2.45) is 5.92 Å². The van der Waals surface area contributed by atoms with Crippen LogP contribution in [-0.2, 0) is 5.75 Å². The van der Waals surface area contributed by atoms with Gasteiger partial charge in [0, 0.05) is 35.2 Å². The lowest BCUT2D eigenvalue weighted by Gasteiger charge is -2.17. The molecule has 2 rings (SSSR count). The van der Waals surface area contributed by atoms with Gasteiger partial charge in [-0.25, -0.2) is 0 Å². The van der Waals surface area contributed by atoms with Gasteiger partial charge in [-0.05, 0) is 41.8 Å². The minimum atomic E-state index is -0.506. The first-order valence-corrected chi connectivity index (χ1v) is 9.16. The Morgan fingerprint density at radius 3 is 2.67 bits per heavy atom. The minimum Gasteiger partial charge on any atom is -0.391 e. The number of aromatic nitrogens is 1. The molecule has 24 heavy (non-hydrogen) atoms. The Labute approximate surface area is 147 Å². The highest BCUT2D eigenvalue weighted by Gasteiger charge is 2.14. The Morgan fingerprint density at radius 2 is 2.04 bits per heavy atom. The van der Waals surface area contributed by atoms with Crippen molar-refractivity contribution in [2.75, 3.05) is 6.54 Å². The molecule has 1 heterocycles.